The molecular weight excluding hydrogens is 350 g/mol. The molecule has 27 heavy (non-hydrogen) atoms. The Balaban J connectivity index is 1.39. The van der Waals surface area contributed by atoms with E-state index < -0.39 is 18.0 Å². The summed E-state index contributed by atoms with van der Waals surface area (Å²) in [6.07, 6.45) is 3.53. The number of para-hydroxylation sites is 1. The molecule has 0 bridgehead atoms. The van der Waals surface area contributed by atoms with Crippen LogP contribution in [0.5, 0.6) is 0 Å². The van der Waals surface area contributed by atoms with Gasteiger partial charge in [0.25, 0.3) is 0 Å². The SMILES string of the molecule is O=C(NCCOCCC(C(=O)O)c1c[nH]c2ccccc12)OC1CCC[NH2+]1. The second-order valence-electron chi connectivity index (χ2n) is 6.62. The molecule has 1 aromatic carbocycles. The molecule has 3 rings (SSSR count). The molecule has 8 heteroatoms. The Labute approximate surface area is 157 Å². The highest BCUT2D eigenvalue weighted by Gasteiger charge is 2.23. The summed E-state index contributed by atoms with van der Waals surface area (Å²) in [6.45, 7) is 1.92. The van der Waals surface area contributed by atoms with E-state index in [1.165, 1.54) is 0 Å². The van der Waals surface area contributed by atoms with E-state index in [0.29, 0.717) is 26.2 Å². The van der Waals surface area contributed by atoms with Gasteiger partial charge in [0.05, 0.1) is 19.1 Å². The first kappa shape index (κ1) is 19.2. The van der Waals surface area contributed by atoms with Crippen molar-refractivity contribution in [2.24, 2.45) is 0 Å². The van der Waals surface area contributed by atoms with Crippen molar-refractivity contribution in [1.82, 2.24) is 10.3 Å². The highest BCUT2D eigenvalue weighted by molar-refractivity contribution is 5.89. The minimum Gasteiger partial charge on any atom is -0.481 e. The van der Waals surface area contributed by atoms with Gasteiger partial charge in [-0.2, -0.15) is 0 Å². The summed E-state index contributed by atoms with van der Waals surface area (Å²) >= 11 is 0. The molecule has 1 fully saturated rings. The van der Waals surface area contributed by atoms with Crippen LogP contribution in [0.1, 0.15) is 30.7 Å². The number of carboxylic acids is 1. The monoisotopic (exact) mass is 376 g/mol. The number of aromatic nitrogens is 1. The fraction of sp³-hybridized carbons (Fsp3) is 0.474. The van der Waals surface area contributed by atoms with E-state index in [1.54, 1.807) is 6.20 Å². The van der Waals surface area contributed by atoms with Crippen molar-refractivity contribution in [3.8, 4) is 0 Å². The van der Waals surface area contributed by atoms with Gasteiger partial charge < -0.3 is 30.2 Å². The minimum absolute atomic E-state index is 0.0848. The molecule has 146 valence electrons. The number of hydrogen-bond acceptors (Lipinski definition) is 4. The predicted molar refractivity (Wildman–Crippen MR) is 98.4 cm³/mol. The van der Waals surface area contributed by atoms with E-state index in [1.807, 2.05) is 29.6 Å². The van der Waals surface area contributed by atoms with Crippen molar-refractivity contribution < 1.29 is 29.5 Å². The van der Waals surface area contributed by atoms with Crippen LogP contribution in [0.4, 0.5) is 4.79 Å². The van der Waals surface area contributed by atoms with Gasteiger partial charge in [-0.25, -0.2) is 4.79 Å². The average molecular weight is 376 g/mol. The van der Waals surface area contributed by atoms with Gasteiger partial charge in [0.1, 0.15) is 0 Å². The Kier molecular flexibility index (Phi) is 6.67. The van der Waals surface area contributed by atoms with Crippen LogP contribution in [0.15, 0.2) is 30.5 Å². The van der Waals surface area contributed by atoms with Gasteiger partial charge in [0.2, 0.25) is 6.23 Å². The largest absolute Gasteiger partial charge is 0.481 e. The summed E-state index contributed by atoms with van der Waals surface area (Å²) in [7, 11) is 0. The highest BCUT2D eigenvalue weighted by atomic mass is 16.6. The second-order valence-corrected chi connectivity index (χ2v) is 6.62. The van der Waals surface area contributed by atoms with Crippen LogP contribution in [-0.4, -0.2) is 54.7 Å². The second kappa shape index (κ2) is 9.38. The molecule has 2 aromatic rings. The Morgan fingerprint density at radius 3 is 2.96 bits per heavy atom. The first-order chi connectivity index (χ1) is 13.1. The predicted octanol–water partition coefficient (Wildman–Crippen LogP) is 1.15. The van der Waals surface area contributed by atoms with Gasteiger partial charge in [-0.1, -0.05) is 18.2 Å². The lowest BCUT2D eigenvalue weighted by molar-refractivity contribution is -0.701. The number of benzene rings is 1. The average Bonchev–Trinajstić information content (AvgIpc) is 3.30. The van der Waals surface area contributed by atoms with Crippen molar-refractivity contribution in [3.05, 3.63) is 36.0 Å². The number of hydrogen-bond donors (Lipinski definition) is 4. The number of carbonyl (C=O) groups excluding carboxylic acids is 1. The highest BCUT2D eigenvalue weighted by Crippen LogP contribution is 2.28. The molecule has 2 heterocycles. The number of aliphatic carboxylic acids is 1. The van der Waals surface area contributed by atoms with Crippen LogP contribution < -0.4 is 10.6 Å². The fourth-order valence-corrected chi connectivity index (χ4v) is 3.35. The molecular formula is C19H26N3O5+. The van der Waals surface area contributed by atoms with Gasteiger partial charge in [-0.05, 0) is 18.1 Å². The summed E-state index contributed by atoms with van der Waals surface area (Å²) in [6, 6.07) is 7.63. The number of carboxylic acid groups (broad SMARTS) is 1. The molecule has 0 radical (unpaired) electrons. The van der Waals surface area contributed by atoms with Crippen molar-refractivity contribution in [2.75, 3.05) is 26.3 Å². The number of carbonyl (C=O) groups is 2. The zero-order valence-electron chi connectivity index (χ0n) is 15.1. The maximum atomic E-state index is 11.7. The van der Waals surface area contributed by atoms with E-state index >= 15 is 0 Å². The molecule has 0 saturated carbocycles. The molecule has 1 aliphatic heterocycles. The van der Waals surface area contributed by atoms with E-state index in [4.69, 9.17) is 9.47 Å². The van der Waals surface area contributed by atoms with Crippen LogP contribution in [0.3, 0.4) is 0 Å². The number of nitrogens with one attached hydrogen (secondary N) is 2. The van der Waals surface area contributed by atoms with Crippen molar-refractivity contribution >= 4 is 23.0 Å². The number of ether oxygens (including phenoxy) is 2. The Hall–Kier alpha value is -2.58. The van der Waals surface area contributed by atoms with Gasteiger partial charge >= 0.3 is 12.1 Å². The molecule has 1 aliphatic rings. The molecule has 1 saturated heterocycles. The zero-order valence-corrected chi connectivity index (χ0v) is 15.1. The lowest BCUT2D eigenvalue weighted by Gasteiger charge is -2.13. The normalized spacial score (nSPS) is 17.7. The molecule has 2 unspecified atom stereocenters. The molecule has 1 amide bonds. The summed E-state index contributed by atoms with van der Waals surface area (Å²) in [5.74, 6) is -1.52. The summed E-state index contributed by atoms with van der Waals surface area (Å²) in [5.41, 5.74) is 1.68. The first-order valence-electron chi connectivity index (χ1n) is 9.29. The zero-order chi connectivity index (χ0) is 19.1. The number of quaternary nitrogens is 1. The summed E-state index contributed by atoms with van der Waals surface area (Å²) in [4.78, 5) is 26.4. The quantitative estimate of drug-likeness (QED) is 0.490. The van der Waals surface area contributed by atoms with Gasteiger partial charge in [-0.15, -0.1) is 0 Å². The van der Waals surface area contributed by atoms with Crippen molar-refractivity contribution in [3.63, 3.8) is 0 Å². The summed E-state index contributed by atoms with van der Waals surface area (Å²) < 4.78 is 10.7. The number of alkyl carbamates (subject to hydrolysis) is 1. The standard InChI is InChI=1S/C19H25N3O5/c23-18(24)14(15-12-22-16-5-2-1-4-13(15)16)7-10-26-11-9-21-19(25)27-17-6-3-8-20-17/h1-2,4-5,12,14,17,20,22H,3,6-11H2,(H,21,25)(H,23,24)/p+1. The van der Waals surface area contributed by atoms with Crippen LogP contribution >= 0.6 is 0 Å². The molecule has 8 nitrogen and oxygen atoms in total. The third-order valence-electron chi connectivity index (χ3n) is 4.74. The molecule has 1 aromatic heterocycles. The lowest BCUT2D eigenvalue weighted by Crippen LogP contribution is -2.87. The van der Waals surface area contributed by atoms with Crippen LogP contribution in [-0.2, 0) is 14.3 Å². The molecule has 2 atom stereocenters. The number of rotatable bonds is 9. The fourth-order valence-electron chi connectivity index (χ4n) is 3.35. The van der Waals surface area contributed by atoms with E-state index in [2.05, 4.69) is 10.3 Å². The van der Waals surface area contributed by atoms with E-state index in [-0.39, 0.29) is 6.23 Å². The first-order valence-corrected chi connectivity index (χ1v) is 9.29. The van der Waals surface area contributed by atoms with Crippen molar-refractivity contribution in [1.29, 1.82) is 0 Å². The third-order valence-corrected chi connectivity index (χ3v) is 4.74. The molecule has 0 aliphatic carbocycles. The molecule has 0 spiro atoms. The van der Waals surface area contributed by atoms with E-state index in [9.17, 15) is 14.7 Å². The maximum absolute atomic E-state index is 11.7. The Morgan fingerprint density at radius 2 is 2.19 bits per heavy atom. The van der Waals surface area contributed by atoms with Gasteiger partial charge in [-0.3, -0.25) is 4.79 Å². The van der Waals surface area contributed by atoms with Crippen LogP contribution in [0.25, 0.3) is 10.9 Å². The number of nitrogens with two attached hydrogens (primary N) is 1. The number of H-pyrrole nitrogens is 1. The van der Waals surface area contributed by atoms with Crippen molar-refractivity contribution in [2.45, 2.75) is 31.4 Å². The molecule has 5 N–H and O–H groups in total. The number of aromatic amines is 1. The van der Waals surface area contributed by atoms with Crippen LogP contribution in [0.2, 0.25) is 0 Å². The maximum Gasteiger partial charge on any atom is 0.411 e. The topological polar surface area (TPSA) is 117 Å². The van der Waals surface area contributed by atoms with Gasteiger partial charge in [0.15, 0.2) is 0 Å². The van der Waals surface area contributed by atoms with E-state index in [0.717, 1.165) is 35.9 Å². The van der Waals surface area contributed by atoms with Gasteiger partial charge in [0, 0.05) is 43.1 Å². The Morgan fingerprint density at radius 1 is 1.33 bits per heavy atom. The minimum atomic E-state index is -0.877. The third kappa shape index (κ3) is 5.21. The van der Waals surface area contributed by atoms with Crippen LogP contribution in [0, 0.1) is 0 Å². The Bertz CT molecular complexity index is 770. The number of fused-ring (bicyclic) bond motifs is 1. The lowest BCUT2D eigenvalue weighted by atomic mass is 9.96. The smallest absolute Gasteiger partial charge is 0.411 e. The summed E-state index contributed by atoms with van der Waals surface area (Å²) in [5, 5.41) is 15.1. The number of amides is 1.